The fourth-order valence-electron chi connectivity index (χ4n) is 1.79. The molecule has 0 saturated carbocycles. The highest BCUT2D eigenvalue weighted by atomic mass is 127. The Bertz CT molecular complexity index is 697. The number of hydrogen-bond donors (Lipinski definition) is 1. The lowest BCUT2D eigenvalue weighted by Crippen LogP contribution is -2.26. The Kier molecular flexibility index (Phi) is 3.77. The van der Waals surface area contributed by atoms with Crippen LogP contribution in [-0.4, -0.2) is 27.3 Å². The summed E-state index contributed by atoms with van der Waals surface area (Å²) in [7, 11) is 0. The van der Waals surface area contributed by atoms with Crippen molar-refractivity contribution in [3.8, 4) is 0 Å². The van der Waals surface area contributed by atoms with Gasteiger partial charge in [0.15, 0.2) is 0 Å². The lowest BCUT2D eigenvalue weighted by Gasteiger charge is -2.19. The van der Waals surface area contributed by atoms with Crippen LogP contribution in [0.1, 0.15) is 31.1 Å². The molecule has 5 nitrogen and oxygen atoms in total. The smallest absolute Gasteiger partial charge is 0.419 e. The molecule has 1 heterocycles. The largest absolute Gasteiger partial charge is 0.478 e. The lowest BCUT2D eigenvalue weighted by atomic mass is 10.1. The van der Waals surface area contributed by atoms with Crippen molar-refractivity contribution < 1.29 is 19.4 Å². The number of carbonyl (C=O) groups is 2. The Balaban J connectivity index is 2.51. The van der Waals surface area contributed by atoms with Crippen LogP contribution in [0.5, 0.6) is 0 Å². The third-order valence-corrected chi connectivity index (χ3v) is 3.45. The molecule has 0 amide bonds. The highest BCUT2D eigenvalue weighted by Gasteiger charge is 2.20. The highest BCUT2D eigenvalue weighted by molar-refractivity contribution is 14.1. The summed E-state index contributed by atoms with van der Waals surface area (Å²) in [4.78, 5) is 23.1. The molecule has 1 aromatic heterocycles. The molecule has 0 aliphatic heterocycles. The van der Waals surface area contributed by atoms with Crippen molar-refractivity contribution >= 4 is 45.6 Å². The maximum atomic E-state index is 12.1. The number of nitrogens with zero attached hydrogens (tertiary/aromatic N) is 1. The van der Waals surface area contributed by atoms with Crippen molar-refractivity contribution in [1.82, 2.24) is 4.57 Å². The number of hydrogen-bond acceptors (Lipinski definition) is 3. The van der Waals surface area contributed by atoms with E-state index in [1.165, 1.54) is 10.6 Å². The second-order valence-electron chi connectivity index (χ2n) is 5.36. The van der Waals surface area contributed by atoms with Gasteiger partial charge in [0.1, 0.15) is 5.60 Å². The van der Waals surface area contributed by atoms with Crippen molar-refractivity contribution in [3.05, 3.63) is 33.5 Å². The van der Waals surface area contributed by atoms with Crippen molar-refractivity contribution in [2.24, 2.45) is 0 Å². The molecule has 0 saturated heterocycles. The van der Waals surface area contributed by atoms with E-state index in [0.29, 0.717) is 5.52 Å². The number of aromatic nitrogens is 1. The number of carboxylic acids is 1. The number of ether oxygens (including phenoxy) is 1. The minimum atomic E-state index is -0.993. The third kappa shape index (κ3) is 2.95. The Morgan fingerprint density at radius 1 is 1.30 bits per heavy atom. The van der Waals surface area contributed by atoms with E-state index in [1.54, 1.807) is 39.1 Å². The van der Waals surface area contributed by atoms with E-state index in [0.717, 1.165) is 8.96 Å². The normalized spacial score (nSPS) is 11.6. The Hall–Kier alpha value is -1.57. The first-order chi connectivity index (χ1) is 9.19. The summed E-state index contributed by atoms with van der Waals surface area (Å²) >= 11 is 2.07. The van der Waals surface area contributed by atoms with Crippen LogP contribution in [0.2, 0.25) is 0 Å². The number of halogens is 1. The van der Waals surface area contributed by atoms with Gasteiger partial charge in [-0.1, -0.05) is 0 Å². The fourth-order valence-corrected chi connectivity index (χ4v) is 2.50. The van der Waals surface area contributed by atoms with Gasteiger partial charge in [0.25, 0.3) is 0 Å². The van der Waals surface area contributed by atoms with Gasteiger partial charge in [0, 0.05) is 15.2 Å². The average molecular weight is 387 g/mol. The van der Waals surface area contributed by atoms with Crippen molar-refractivity contribution in [2.75, 3.05) is 0 Å². The summed E-state index contributed by atoms with van der Waals surface area (Å²) in [6, 6.07) is 4.65. The van der Waals surface area contributed by atoms with E-state index in [4.69, 9.17) is 9.84 Å². The van der Waals surface area contributed by atoms with Crippen LogP contribution in [0.4, 0.5) is 4.79 Å². The molecule has 1 N–H and O–H groups in total. The molecular weight excluding hydrogens is 373 g/mol. The molecule has 0 aliphatic rings. The van der Waals surface area contributed by atoms with E-state index in [9.17, 15) is 9.59 Å². The zero-order chi connectivity index (χ0) is 15.1. The molecular formula is C14H14INO4. The highest BCUT2D eigenvalue weighted by Crippen LogP contribution is 2.25. The molecule has 0 radical (unpaired) electrons. The summed E-state index contributed by atoms with van der Waals surface area (Å²) in [6.45, 7) is 5.39. The minimum Gasteiger partial charge on any atom is -0.478 e. The molecule has 106 valence electrons. The van der Waals surface area contributed by atoms with E-state index in [-0.39, 0.29) is 5.56 Å². The zero-order valence-electron chi connectivity index (χ0n) is 11.3. The molecule has 20 heavy (non-hydrogen) atoms. The van der Waals surface area contributed by atoms with Gasteiger partial charge >= 0.3 is 12.1 Å². The molecule has 2 aromatic rings. The third-order valence-electron chi connectivity index (χ3n) is 2.59. The van der Waals surface area contributed by atoms with Crippen molar-refractivity contribution in [3.63, 3.8) is 0 Å². The molecule has 0 bridgehead atoms. The number of rotatable bonds is 1. The van der Waals surface area contributed by atoms with Crippen LogP contribution >= 0.6 is 22.6 Å². The van der Waals surface area contributed by atoms with Gasteiger partial charge in [0.2, 0.25) is 0 Å². The van der Waals surface area contributed by atoms with Gasteiger partial charge in [-0.25, -0.2) is 9.59 Å². The van der Waals surface area contributed by atoms with Gasteiger partial charge < -0.3 is 9.84 Å². The quantitative estimate of drug-likeness (QED) is 0.758. The summed E-state index contributed by atoms with van der Waals surface area (Å²) in [5, 5.41) is 9.72. The predicted octanol–water partition coefficient (Wildman–Crippen LogP) is 3.73. The first kappa shape index (κ1) is 14.8. The number of benzene rings is 1. The predicted molar refractivity (Wildman–Crippen MR) is 83.2 cm³/mol. The van der Waals surface area contributed by atoms with Crippen LogP contribution in [0.15, 0.2) is 24.4 Å². The van der Waals surface area contributed by atoms with E-state index >= 15 is 0 Å². The van der Waals surface area contributed by atoms with Gasteiger partial charge in [-0.2, -0.15) is 0 Å². The topological polar surface area (TPSA) is 68.5 Å². The average Bonchev–Trinajstić information content (AvgIpc) is 2.64. The number of carbonyl (C=O) groups excluding carboxylic acids is 1. The minimum absolute atomic E-state index is 0.192. The van der Waals surface area contributed by atoms with Gasteiger partial charge in [-0.3, -0.25) is 4.57 Å². The van der Waals surface area contributed by atoms with E-state index in [1.807, 2.05) is 0 Å². The number of fused-ring (bicyclic) bond motifs is 1. The Labute approximate surface area is 129 Å². The number of carboxylic acid groups (broad SMARTS) is 1. The van der Waals surface area contributed by atoms with Crippen LogP contribution in [-0.2, 0) is 4.74 Å². The molecule has 6 heteroatoms. The maximum absolute atomic E-state index is 12.1. The second-order valence-corrected chi connectivity index (χ2v) is 6.53. The van der Waals surface area contributed by atoms with Crippen LogP contribution in [0.3, 0.4) is 0 Å². The molecule has 1 aromatic carbocycles. The second kappa shape index (κ2) is 5.08. The van der Waals surface area contributed by atoms with Crippen molar-refractivity contribution in [1.29, 1.82) is 0 Å². The molecule has 0 unspecified atom stereocenters. The SMILES string of the molecule is CC(C)(C)OC(=O)n1cc(I)c2cc(C(=O)O)ccc21. The molecule has 0 aliphatic carbocycles. The first-order valence-electron chi connectivity index (χ1n) is 5.96. The molecule has 2 rings (SSSR count). The summed E-state index contributed by atoms with van der Waals surface area (Å²) in [5.41, 5.74) is 0.242. The van der Waals surface area contributed by atoms with Gasteiger partial charge in [0.05, 0.1) is 11.1 Å². The van der Waals surface area contributed by atoms with Gasteiger partial charge in [-0.15, -0.1) is 0 Å². The van der Waals surface area contributed by atoms with Crippen LogP contribution in [0, 0.1) is 3.57 Å². The molecule has 0 atom stereocenters. The van der Waals surface area contributed by atoms with Gasteiger partial charge in [-0.05, 0) is 61.6 Å². The number of aromatic carboxylic acids is 1. The van der Waals surface area contributed by atoms with Crippen molar-refractivity contribution in [2.45, 2.75) is 26.4 Å². The monoisotopic (exact) mass is 387 g/mol. The molecule has 0 spiro atoms. The zero-order valence-corrected chi connectivity index (χ0v) is 13.5. The maximum Gasteiger partial charge on any atom is 0.419 e. The standard InChI is InChI=1S/C14H14INO4/c1-14(2,3)20-13(19)16-7-10(15)9-6-8(12(17)18)4-5-11(9)16/h4-7H,1-3H3,(H,17,18). The molecule has 0 fully saturated rings. The van der Waals surface area contributed by atoms with E-state index in [2.05, 4.69) is 22.6 Å². The van der Waals surface area contributed by atoms with E-state index < -0.39 is 17.7 Å². The summed E-state index contributed by atoms with van der Waals surface area (Å²) < 4.78 is 7.52. The Morgan fingerprint density at radius 3 is 2.50 bits per heavy atom. The summed E-state index contributed by atoms with van der Waals surface area (Å²) in [5.74, 6) is -0.993. The first-order valence-corrected chi connectivity index (χ1v) is 7.04. The van der Waals surface area contributed by atoms with Crippen LogP contribution in [0.25, 0.3) is 10.9 Å². The Morgan fingerprint density at radius 2 is 1.95 bits per heavy atom. The lowest BCUT2D eigenvalue weighted by molar-refractivity contribution is 0.0543. The fraction of sp³-hybridized carbons (Fsp3) is 0.286. The van der Waals surface area contributed by atoms with Crippen LogP contribution < -0.4 is 0 Å². The summed E-state index contributed by atoms with van der Waals surface area (Å²) in [6.07, 6.45) is 1.17.